The highest BCUT2D eigenvalue weighted by molar-refractivity contribution is 6.00. The summed E-state index contributed by atoms with van der Waals surface area (Å²) in [5.41, 5.74) is 13.2. The summed E-state index contributed by atoms with van der Waals surface area (Å²) in [5.74, 6) is -3.75. The van der Waals surface area contributed by atoms with E-state index in [-0.39, 0.29) is 75.9 Å². The predicted octanol–water partition coefficient (Wildman–Crippen LogP) is 1.66. The molecule has 3 aliphatic rings. The fourth-order valence-electron chi connectivity index (χ4n) is 9.14. The number of hydrogen-bond donors (Lipinski definition) is 9. The number of hydrogen-bond acceptors (Lipinski definition) is 12. The minimum absolute atomic E-state index is 0.000373. The Morgan fingerprint density at radius 3 is 2.20 bits per heavy atom. The minimum Gasteiger partial charge on any atom is -0.508 e. The Morgan fingerprint density at radius 1 is 0.783 bits per heavy atom. The quantitative estimate of drug-likeness (QED) is 0.0965. The average molecular weight is 962 g/mol. The van der Waals surface area contributed by atoms with Crippen molar-refractivity contribution in [2.45, 2.75) is 165 Å². The van der Waals surface area contributed by atoms with Crippen LogP contribution < -0.4 is 42.8 Å². The van der Waals surface area contributed by atoms with Gasteiger partial charge in [-0.25, -0.2) is 0 Å². The third kappa shape index (κ3) is 16.1. The zero-order valence-electron chi connectivity index (χ0n) is 40.3. The number of unbranched alkanes of at least 4 members (excludes halogenated alkanes) is 6. The maximum Gasteiger partial charge on any atom is 0.251 e. The molecule has 7 amide bonds. The number of phenols is 1. The summed E-state index contributed by atoms with van der Waals surface area (Å²) in [6, 6.07) is 5.28. The number of aromatic hydroxyl groups is 1. The molecule has 2 unspecified atom stereocenters. The normalized spacial score (nSPS) is 24.8. The Hall–Kier alpha value is -5.79. The molecule has 3 saturated heterocycles. The highest BCUT2D eigenvalue weighted by Crippen LogP contribution is 2.23. The number of phenolic OH excluding ortho intramolecular Hbond substituents is 1. The van der Waals surface area contributed by atoms with Crippen LogP contribution in [0, 0.1) is 0 Å². The van der Waals surface area contributed by atoms with Crippen LogP contribution in [0.5, 0.6) is 11.5 Å². The van der Waals surface area contributed by atoms with E-state index in [1.807, 2.05) is 0 Å². The summed E-state index contributed by atoms with van der Waals surface area (Å²) in [4.78, 5) is 102. The number of carbonyl (C=O) groups excluding carboxylic acids is 7. The van der Waals surface area contributed by atoms with Crippen molar-refractivity contribution in [1.82, 2.24) is 36.4 Å². The van der Waals surface area contributed by atoms with E-state index in [4.69, 9.17) is 16.2 Å². The standard InChI is InChI=1S/C50H75N9O10/c1-3-4-5-6-7-10-29-69-37-23-19-34(20-24-37)44(62)54-38-14-11-27-53-47(65)42-30-35(52)31-59(42)49(67)40(13-8-9-26-51)56-45(63)39(25-18-33-16-21-36(61)22-17-33)55-48(66)41-15-12-28-58(41)50(68)43(32(2)60)57-46(38)64/h16-17,19-24,32,35,38-43,60-61H,3-15,18,25-31,51-52H2,1-2H3,(H,53,65)(H,54,62)(H,55,66)(H,56,63)(H,57,64)/t32?,35?,38-,39-,40-,41-,42-,43-/m0/s1. The number of aryl methyl sites for hydroxylation is 1. The number of nitrogens with two attached hydrogens (primary N) is 2. The molecule has 0 aromatic heterocycles. The van der Waals surface area contributed by atoms with Crippen LogP contribution in [0.2, 0.25) is 0 Å². The lowest BCUT2D eigenvalue weighted by Crippen LogP contribution is -2.61. The van der Waals surface area contributed by atoms with Gasteiger partial charge in [-0.1, -0.05) is 51.2 Å². The second kappa shape index (κ2) is 27.4. The van der Waals surface area contributed by atoms with E-state index in [9.17, 15) is 43.8 Å². The Labute approximate surface area is 405 Å². The predicted molar refractivity (Wildman–Crippen MR) is 258 cm³/mol. The number of nitrogens with zero attached hydrogens (tertiary/aromatic N) is 2. The van der Waals surface area contributed by atoms with Crippen LogP contribution in [0.3, 0.4) is 0 Å². The molecule has 5 rings (SSSR count). The molecule has 8 atom stereocenters. The number of carbonyl (C=O) groups is 7. The van der Waals surface area contributed by atoms with Gasteiger partial charge >= 0.3 is 0 Å². The molecule has 19 heteroatoms. The second-order valence-electron chi connectivity index (χ2n) is 18.6. The van der Waals surface area contributed by atoms with E-state index in [1.165, 1.54) is 48.1 Å². The number of nitrogens with one attached hydrogen (secondary N) is 5. The molecule has 2 aromatic rings. The number of ether oxygens (including phenoxy) is 1. The van der Waals surface area contributed by atoms with Crippen LogP contribution in [0.15, 0.2) is 48.5 Å². The highest BCUT2D eigenvalue weighted by Gasteiger charge is 2.43. The topological polar surface area (TPSA) is 288 Å². The zero-order valence-corrected chi connectivity index (χ0v) is 40.3. The lowest BCUT2D eigenvalue weighted by atomic mass is 10.0. The fourth-order valence-corrected chi connectivity index (χ4v) is 9.14. The van der Waals surface area contributed by atoms with Gasteiger partial charge in [0.15, 0.2) is 0 Å². The first-order chi connectivity index (χ1) is 33.2. The third-order valence-corrected chi connectivity index (χ3v) is 13.1. The zero-order chi connectivity index (χ0) is 49.9. The summed E-state index contributed by atoms with van der Waals surface area (Å²) in [5, 5.41) is 34.8. The van der Waals surface area contributed by atoms with Gasteiger partial charge in [0.25, 0.3) is 5.91 Å². The van der Waals surface area contributed by atoms with Gasteiger partial charge in [-0.3, -0.25) is 33.6 Å². The number of rotatable bonds is 18. The summed E-state index contributed by atoms with van der Waals surface area (Å²) < 4.78 is 5.88. The van der Waals surface area contributed by atoms with Crippen molar-refractivity contribution in [1.29, 1.82) is 0 Å². The number of aliphatic hydroxyl groups is 1. The van der Waals surface area contributed by atoms with Gasteiger partial charge in [0, 0.05) is 31.2 Å². The van der Waals surface area contributed by atoms with E-state index >= 15 is 0 Å². The van der Waals surface area contributed by atoms with Crippen LogP contribution in [-0.4, -0.2) is 143 Å². The third-order valence-electron chi connectivity index (χ3n) is 13.1. The van der Waals surface area contributed by atoms with Gasteiger partial charge in [0.05, 0.1) is 12.7 Å². The van der Waals surface area contributed by atoms with E-state index in [2.05, 4.69) is 33.5 Å². The van der Waals surface area contributed by atoms with Crippen molar-refractivity contribution >= 4 is 41.4 Å². The first-order valence-electron chi connectivity index (χ1n) is 25.0. The molecule has 3 heterocycles. The van der Waals surface area contributed by atoms with E-state index in [0.717, 1.165) is 24.8 Å². The summed E-state index contributed by atoms with van der Waals surface area (Å²) >= 11 is 0. The van der Waals surface area contributed by atoms with Crippen molar-refractivity contribution in [2.75, 3.05) is 32.8 Å². The molecule has 0 spiro atoms. The Kier molecular flexibility index (Phi) is 21.5. The van der Waals surface area contributed by atoms with E-state index in [1.54, 1.807) is 36.4 Å². The molecule has 2 aromatic carbocycles. The van der Waals surface area contributed by atoms with Crippen molar-refractivity contribution in [2.24, 2.45) is 11.5 Å². The molecule has 0 radical (unpaired) electrons. The molecule has 19 nitrogen and oxygen atoms in total. The molecule has 0 aliphatic carbocycles. The van der Waals surface area contributed by atoms with Gasteiger partial charge < -0.3 is 62.8 Å². The van der Waals surface area contributed by atoms with Gasteiger partial charge in [0.2, 0.25) is 35.4 Å². The summed E-state index contributed by atoms with van der Waals surface area (Å²) in [7, 11) is 0. The van der Waals surface area contributed by atoms with Crippen molar-refractivity contribution in [3.63, 3.8) is 0 Å². The molecular formula is C50H75N9O10. The van der Waals surface area contributed by atoms with E-state index < -0.39 is 89.7 Å². The molecule has 3 fully saturated rings. The lowest BCUT2D eigenvalue weighted by molar-refractivity contribution is -0.144. The monoisotopic (exact) mass is 962 g/mol. The fraction of sp³-hybridized carbons (Fsp3) is 0.620. The maximum atomic E-state index is 14.4. The van der Waals surface area contributed by atoms with Crippen LogP contribution in [-0.2, 0) is 35.2 Å². The highest BCUT2D eigenvalue weighted by atomic mass is 16.5. The number of fused-ring (bicyclic) bond motifs is 2. The number of amides is 7. The molecule has 69 heavy (non-hydrogen) atoms. The molecule has 3 aliphatic heterocycles. The molecular weight excluding hydrogens is 887 g/mol. The first kappa shape index (κ1) is 54.2. The average Bonchev–Trinajstić information content (AvgIpc) is 3.99. The summed E-state index contributed by atoms with van der Waals surface area (Å²) in [6.07, 6.45) is 7.84. The molecule has 0 bridgehead atoms. The van der Waals surface area contributed by atoms with E-state index in [0.29, 0.717) is 38.2 Å². The number of aliphatic hydroxyl groups excluding tert-OH is 1. The first-order valence-corrected chi connectivity index (χ1v) is 25.0. The van der Waals surface area contributed by atoms with Crippen LogP contribution in [0.1, 0.15) is 126 Å². The molecule has 380 valence electrons. The Bertz CT molecular complexity index is 2020. The lowest BCUT2D eigenvalue weighted by Gasteiger charge is -2.32. The van der Waals surface area contributed by atoms with Gasteiger partial charge in [-0.15, -0.1) is 0 Å². The SMILES string of the molecule is CCCCCCCCOc1ccc(C(=O)N[C@H]2CCCNC(=O)[C@@H]3CC(N)CN3C(=O)[C@H](CCCCN)NC(=O)[C@H](CCc3ccc(O)cc3)NC(=O)[C@@H]3CCCN3C(=O)[C@H](C(C)O)NC2=O)cc1. The molecule has 0 saturated carbocycles. The Morgan fingerprint density at radius 2 is 1.49 bits per heavy atom. The van der Waals surface area contributed by atoms with Crippen molar-refractivity contribution < 1.29 is 48.5 Å². The minimum atomic E-state index is -1.52. The maximum absolute atomic E-state index is 14.4. The Balaban J connectivity index is 1.41. The van der Waals surface area contributed by atoms with Gasteiger partial charge in [-0.05, 0) is 126 Å². The van der Waals surface area contributed by atoms with Crippen molar-refractivity contribution in [3.8, 4) is 11.5 Å². The molecule has 11 N–H and O–H groups in total. The van der Waals surface area contributed by atoms with Gasteiger partial charge in [0.1, 0.15) is 47.8 Å². The summed E-state index contributed by atoms with van der Waals surface area (Å²) in [6.45, 7) is 4.61. The van der Waals surface area contributed by atoms with Crippen LogP contribution >= 0.6 is 0 Å². The van der Waals surface area contributed by atoms with Crippen LogP contribution in [0.25, 0.3) is 0 Å². The smallest absolute Gasteiger partial charge is 0.251 e. The second-order valence-corrected chi connectivity index (χ2v) is 18.6. The number of benzene rings is 2. The van der Waals surface area contributed by atoms with Crippen LogP contribution in [0.4, 0.5) is 0 Å². The van der Waals surface area contributed by atoms with Crippen molar-refractivity contribution in [3.05, 3.63) is 59.7 Å². The largest absolute Gasteiger partial charge is 0.508 e. The van der Waals surface area contributed by atoms with Gasteiger partial charge in [-0.2, -0.15) is 0 Å².